The Morgan fingerprint density at radius 1 is 1.06 bits per heavy atom. The number of anilines is 1. The van der Waals surface area contributed by atoms with Crippen LogP contribution < -0.4 is 10.3 Å². The van der Waals surface area contributed by atoms with Crippen LogP contribution in [0.1, 0.15) is 26.9 Å². The largest absolute Gasteiger partial charge is 0.295 e. The van der Waals surface area contributed by atoms with Crippen LogP contribution in [0, 0.1) is 0 Å². The van der Waals surface area contributed by atoms with Crippen molar-refractivity contribution in [1.82, 2.24) is 5.43 Å². The van der Waals surface area contributed by atoms with Crippen molar-refractivity contribution in [2.45, 2.75) is 5.37 Å². The summed E-state index contributed by atoms with van der Waals surface area (Å²) in [6.07, 6.45) is 1.45. The topological polar surface area (TPSA) is 61.8 Å². The Hall–Kier alpha value is -2.80. The minimum Gasteiger partial charge on any atom is -0.295 e. The summed E-state index contributed by atoms with van der Waals surface area (Å²) in [5, 5.41) is 4.84. The van der Waals surface area contributed by atoms with Crippen molar-refractivity contribution in [2.24, 2.45) is 5.10 Å². The predicted octanol–water partition coefficient (Wildman–Crippen LogP) is 5.54. The monoisotopic (exact) mass is 469 g/mol. The van der Waals surface area contributed by atoms with Gasteiger partial charge in [-0.05, 0) is 42.0 Å². The first kappa shape index (κ1) is 21.4. The second-order valence-corrected chi connectivity index (χ2v) is 8.66. The van der Waals surface area contributed by atoms with Crippen LogP contribution in [0.4, 0.5) is 5.69 Å². The lowest BCUT2D eigenvalue weighted by atomic mass is 10.1. The molecule has 1 aliphatic rings. The first-order valence-corrected chi connectivity index (χ1v) is 11.2. The third-order valence-corrected chi connectivity index (χ3v) is 6.47. The number of hydrogen-bond donors (Lipinski definition) is 1. The quantitative estimate of drug-likeness (QED) is 0.394. The zero-order valence-electron chi connectivity index (χ0n) is 16.2. The number of thioether (sulfide) groups is 1. The normalized spacial score (nSPS) is 16.1. The number of benzene rings is 3. The van der Waals surface area contributed by atoms with Crippen molar-refractivity contribution >= 4 is 58.7 Å². The minimum absolute atomic E-state index is 0.0421. The number of rotatable bonds is 5. The van der Waals surface area contributed by atoms with E-state index in [1.165, 1.54) is 6.21 Å². The molecule has 4 rings (SSSR count). The Morgan fingerprint density at radius 2 is 1.81 bits per heavy atom. The van der Waals surface area contributed by atoms with Crippen LogP contribution in [0.25, 0.3) is 0 Å². The fraction of sp³-hybridized carbons (Fsp3) is 0.0870. The molecule has 5 nitrogen and oxygen atoms in total. The molecule has 3 aromatic carbocycles. The van der Waals surface area contributed by atoms with Gasteiger partial charge in [-0.2, -0.15) is 5.10 Å². The van der Waals surface area contributed by atoms with Crippen LogP contribution in [0.5, 0.6) is 0 Å². The number of carbonyl (C=O) groups excluding carboxylic acids is 2. The molecule has 31 heavy (non-hydrogen) atoms. The SMILES string of the molecule is O=C(NN=Cc1ccc(Cl)cc1Cl)c1ccc(N2C(=O)CS[C@@H]2c2ccccc2)cc1. The van der Waals surface area contributed by atoms with Gasteiger partial charge in [0.05, 0.1) is 17.0 Å². The lowest BCUT2D eigenvalue weighted by molar-refractivity contribution is -0.115. The highest BCUT2D eigenvalue weighted by Crippen LogP contribution is 2.41. The van der Waals surface area contributed by atoms with Gasteiger partial charge in [-0.3, -0.25) is 14.5 Å². The fourth-order valence-corrected chi connectivity index (χ4v) is 4.81. The van der Waals surface area contributed by atoms with Crippen molar-refractivity contribution in [2.75, 3.05) is 10.7 Å². The highest BCUT2D eigenvalue weighted by molar-refractivity contribution is 8.00. The van der Waals surface area contributed by atoms with Crippen molar-refractivity contribution in [3.05, 3.63) is 99.5 Å². The summed E-state index contributed by atoms with van der Waals surface area (Å²) in [5.74, 6) is 0.0964. The maximum Gasteiger partial charge on any atom is 0.271 e. The maximum atomic E-state index is 12.5. The highest BCUT2D eigenvalue weighted by atomic mass is 35.5. The van der Waals surface area contributed by atoms with E-state index in [0.29, 0.717) is 26.9 Å². The number of nitrogens with one attached hydrogen (secondary N) is 1. The van der Waals surface area contributed by atoms with E-state index in [9.17, 15) is 9.59 Å². The molecule has 0 aliphatic carbocycles. The van der Waals surface area contributed by atoms with Crippen LogP contribution in [-0.2, 0) is 4.79 Å². The third-order valence-electron chi connectivity index (χ3n) is 4.69. The highest BCUT2D eigenvalue weighted by Gasteiger charge is 2.33. The van der Waals surface area contributed by atoms with Crippen molar-refractivity contribution < 1.29 is 9.59 Å². The number of halogens is 2. The molecule has 0 radical (unpaired) electrons. The average Bonchev–Trinajstić information content (AvgIpc) is 3.17. The smallest absolute Gasteiger partial charge is 0.271 e. The van der Waals surface area contributed by atoms with Crippen molar-refractivity contribution in [3.8, 4) is 0 Å². The minimum atomic E-state index is -0.366. The molecule has 3 aromatic rings. The van der Waals surface area contributed by atoms with E-state index in [-0.39, 0.29) is 17.2 Å². The van der Waals surface area contributed by atoms with Gasteiger partial charge < -0.3 is 0 Å². The molecule has 1 heterocycles. The summed E-state index contributed by atoms with van der Waals surface area (Å²) >= 11 is 13.5. The number of hydrogen-bond acceptors (Lipinski definition) is 4. The summed E-state index contributed by atoms with van der Waals surface area (Å²) in [7, 11) is 0. The molecule has 1 atom stereocenters. The summed E-state index contributed by atoms with van der Waals surface area (Å²) in [6, 6.07) is 21.8. The molecule has 2 amide bonds. The van der Waals surface area contributed by atoms with Gasteiger partial charge in [0.2, 0.25) is 5.91 Å². The second-order valence-electron chi connectivity index (χ2n) is 6.75. The molecule has 1 aliphatic heterocycles. The molecule has 1 N–H and O–H groups in total. The van der Waals surface area contributed by atoms with Crippen molar-refractivity contribution in [3.63, 3.8) is 0 Å². The Morgan fingerprint density at radius 3 is 2.52 bits per heavy atom. The molecule has 0 bridgehead atoms. The zero-order chi connectivity index (χ0) is 21.8. The van der Waals surface area contributed by atoms with E-state index in [2.05, 4.69) is 10.5 Å². The van der Waals surface area contributed by atoms with Gasteiger partial charge in [0.25, 0.3) is 5.91 Å². The Balaban J connectivity index is 1.45. The summed E-state index contributed by atoms with van der Waals surface area (Å²) in [5.41, 5.74) is 5.36. The third kappa shape index (κ3) is 4.93. The molecule has 0 aromatic heterocycles. The van der Waals surface area contributed by atoms with E-state index in [1.54, 1.807) is 59.1 Å². The standard InChI is InChI=1S/C23H17Cl2N3O2S/c24-18-9-6-17(20(25)12-18)13-26-27-22(30)15-7-10-19(11-8-15)28-21(29)14-31-23(28)16-4-2-1-3-5-16/h1-13,23H,14H2,(H,27,30)/t23-/m1/s1. The lowest BCUT2D eigenvalue weighted by Gasteiger charge is -2.24. The van der Waals surface area contributed by atoms with Gasteiger partial charge in [0.1, 0.15) is 5.37 Å². The van der Waals surface area contributed by atoms with Crippen LogP contribution in [-0.4, -0.2) is 23.8 Å². The first-order chi connectivity index (χ1) is 15.0. The molecule has 8 heteroatoms. The first-order valence-electron chi connectivity index (χ1n) is 9.40. The molecule has 1 fully saturated rings. The van der Waals surface area contributed by atoms with Crippen LogP contribution in [0.3, 0.4) is 0 Å². The number of nitrogens with zero attached hydrogens (tertiary/aromatic N) is 2. The van der Waals surface area contributed by atoms with Gasteiger partial charge >= 0.3 is 0 Å². The lowest BCUT2D eigenvalue weighted by Crippen LogP contribution is -2.28. The summed E-state index contributed by atoms with van der Waals surface area (Å²) in [6.45, 7) is 0. The fourth-order valence-electron chi connectivity index (χ4n) is 3.17. The van der Waals surface area contributed by atoms with Crippen LogP contribution in [0.2, 0.25) is 10.0 Å². The molecular weight excluding hydrogens is 453 g/mol. The van der Waals surface area contributed by atoms with Crippen LogP contribution in [0.15, 0.2) is 77.9 Å². The number of carbonyl (C=O) groups is 2. The predicted molar refractivity (Wildman–Crippen MR) is 127 cm³/mol. The van der Waals surface area contributed by atoms with Gasteiger partial charge in [-0.1, -0.05) is 59.6 Å². The van der Waals surface area contributed by atoms with Gasteiger partial charge in [-0.25, -0.2) is 5.43 Å². The average molecular weight is 470 g/mol. The number of amides is 2. The van der Waals surface area contributed by atoms with E-state index < -0.39 is 0 Å². The Labute approximate surface area is 194 Å². The molecule has 0 saturated carbocycles. The molecule has 0 unspecified atom stereocenters. The van der Waals surface area contributed by atoms with E-state index in [1.807, 2.05) is 30.3 Å². The van der Waals surface area contributed by atoms with E-state index in [4.69, 9.17) is 23.2 Å². The number of hydrazone groups is 1. The summed E-state index contributed by atoms with van der Waals surface area (Å²) < 4.78 is 0. The van der Waals surface area contributed by atoms with E-state index in [0.717, 1.165) is 11.3 Å². The van der Waals surface area contributed by atoms with Gasteiger partial charge in [0.15, 0.2) is 0 Å². The molecule has 156 valence electrons. The molecular formula is C23H17Cl2N3O2S. The zero-order valence-corrected chi connectivity index (χ0v) is 18.5. The second kappa shape index (κ2) is 9.56. The summed E-state index contributed by atoms with van der Waals surface area (Å²) in [4.78, 5) is 26.6. The maximum absolute atomic E-state index is 12.5. The van der Waals surface area contributed by atoms with E-state index >= 15 is 0 Å². The van der Waals surface area contributed by atoms with Crippen LogP contribution >= 0.6 is 35.0 Å². The Bertz CT molecular complexity index is 1140. The molecule has 0 spiro atoms. The van der Waals surface area contributed by atoms with Gasteiger partial charge in [-0.15, -0.1) is 11.8 Å². The van der Waals surface area contributed by atoms with Crippen molar-refractivity contribution in [1.29, 1.82) is 0 Å². The van der Waals surface area contributed by atoms with Gasteiger partial charge in [0, 0.05) is 21.8 Å². The molecule has 1 saturated heterocycles. The Kier molecular flexibility index (Phi) is 6.61.